The Hall–Kier alpha value is -1.06. The van der Waals surface area contributed by atoms with Crippen LogP contribution in [0.2, 0.25) is 0 Å². The normalized spacial score (nSPS) is 38.6. The van der Waals surface area contributed by atoms with E-state index in [1.165, 1.54) is 14.2 Å². The number of hydroxylamine groups is 2. The minimum atomic E-state index is -1.01. The summed E-state index contributed by atoms with van der Waals surface area (Å²) < 4.78 is 15.9. The molecule has 0 spiro atoms. The van der Waals surface area contributed by atoms with Crippen molar-refractivity contribution in [3.05, 3.63) is 0 Å². The van der Waals surface area contributed by atoms with Crippen LogP contribution >= 0.6 is 0 Å². The maximum absolute atomic E-state index is 11.6. The lowest BCUT2D eigenvalue weighted by molar-refractivity contribution is -0.344. The van der Waals surface area contributed by atoms with Gasteiger partial charge < -0.3 is 19.3 Å². The quantitative estimate of drug-likeness (QED) is 0.677. The third kappa shape index (κ3) is 2.70. The standard InChI is InChI=1S/C12H19NO7/c1-6-9(16)10(17-2)11(18-3)12(19-6)20-13-7(14)4-5-8(13)15/h6,9-12,16H,4-5H2,1-3H3/t6-,9?,10+,11+,12-/m0/s1. The lowest BCUT2D eigenvalue weighted by atomic mass is 9.99. The van der Waals surface area contributed by atoms with Crippen LogP contribution < -0.4 is 0 Å². The van der Waals surface area contributed by atoms with Gasteiger partial charge in [-0.15, -0.1) is 0 Å². The molecule has 20 heavy (non-hydrogen) atoms. The summed E-state index contributed by atoms with van der Waals surface area (Å²) in [5.41, 5.74) is 0. The van der Waals surface area contributed by atoms with Gasteiger partial charge in [-0.2, -0.15) is 5.06 Å². The number of carbonyl (C=O) groups is 2. The molecule has 0 aromatic rings. The SMILES string of the molecule is CO[C@H]1[C@H](ON2C(=O)CCC2=O)O[C@@H](C)C(O)[C@H]1OC. The first-order chi connectivity index (χ1) is 9.49. The number of ether oxygens (including phenoxy) is 3. The summed E-state index contributed by atoms with van der Waals surface area (Å²) in [5.74, 6) is -0.831. The van der Waals surface area contributed by atoms with Crippen LogP contribution in [0.5, 0.6) is 0 Å². The molecule has 8 nitrogen and oxygen atoms in total. The molecule has 8 heteroatoms. The van der Waals surface area contributed by atoms with Gasteiger partial charge in [-0.3, -0.25) is 9.59 Å². The van der Waals surface area contributed by atoms with Gasteiger partial charge in [-0.1, -0.05) is 0 Å². The average Bonchev–Trinajstić information content (AvgIpc) is 2.74. The Bertz CT molecular complexity index is 372. The number of imide groups is 1. The van der Waals surface area contributed by atoms with Gasteiger partial charge in [0.2, 0.25) is 6.29 Å². The van der Waals surface area contributed by atoms with E-state index in [1.54, 1.807) is 6.92 Å². The first-order valence-corrected chi connectivity index (χ1v) is 6.41. The van der Waals surface area contributed by atoms with E-state index in [0.29, 0.717) is 5.06 Å². The molecule has 2 heterocycles. The third-order valence-electron chi connectivity index (χ3n) is 3.52. The lowest BCUT2D eigenvalue weighted by Gasteiger charge is -2.42. The predicted molar refractivity (Wildman–Crippen MR) is 64.1 cm³/mol. The summed E-state index contributed by atoms with van der Waals surface area (Å²) in [6, 6.07) is 0. The van der Waals surface area contributed by atoms with Crippen molar-refractivity contribution in [2.75, 3.05) is 14.2 Å². The Kier molecular flexibility index (Phi) is 4.71. The highest BCUT2D eigenvalue weighted by Gasteiger charge is 2.47. The van der Waals surface area contributed by atoms with Crippen molar-refractivity contribution >= 4 is 11.8 Å². The van der Waals surface area contributed by atoms with Crippen LogP contribution in [0.25, 0.3) is 0 Å². The number of aliphatic hydroxyl groups is 1. The molecule has 5 atom stereocenters. The Morgan fingerprint density at radius 3 is 2.20 bits per heavy atom. The third-order valence-corrected chi connectivity index (χ3v) is 3.52. The van der Waals surface area contributed by atoms with Crippen molar-refractivity contribution in [3.8, 4) is 0 Å². The largest absolute Gasteiger partial charge is 0.388 e. The van der Waals surface area contributed by atoms with Crippen molar-refractivity contribution in [3.63, 3.8) is 0 Å². The van der Waals surface area contributed by atoms with E-state index in [-0.39, 0.29) is 12.8 Å². The molecule has 2 rings (SSSR count). The summed E-state index contributed by atoms with van der Waals surface area (Å²) in [6.45, 7) is 1.65. The fourth-order valence-electron chi connectivity index (χ4n) is 2.37. The number of hydrogen-bond donors (Lipinski definition) is 1. The minimum absolute atomic E-state index is 0.120. The van der Waals surface area contributed by atoms with Gasteiger partial charge in [0, 0.05) is 27.1 Å². The second-order valence-corrected chi connectivity index (χ2v) is 4.79. The zero-order valence-electron chi connectivity index (χ0n) is 11.6. The van der Waals surface area contributed by atoms with Crippen molar-refractivity contribution in [1.29, 1.82) is 0 Å². The summed E-state index contributed by atoms with van der Waals surface area (Å²) in [7, 11) is 2.84. The van der Waals surface area contributed by atoms with Crippen LogP contribution in [0, 0.1) is 0 Å². The van der Waals surface area contributed by atoms with E-state index in [4.69, 9.17) is 19.0 Å². The molecule has 2 saturated heterocycles. The molecule has 0 saturated carbocycles. The van der Waals surface area contributed by atoms with Gasteiger partial charge in [0.25, 0.3) is 11.8 Å². The van der Waals surface area contributed by atoms with Crippen molar-refractivity contribution in [2.45, 2.75) is 50.5 Å². The molecule has 1 N–H and O–H groups in total. The number of nitrogens with zero attached hydrogens (tertiary/aromatic N) is 1. The molecule has 2 amide bonds. The van der Waals surface area contributed by atoms with Gasteiger partial charge in [0.15, 0.2) is 0 Å². The van der Waals surface area contributed by atoms with Crippen LogP contribution in [0.3, 0.4) is 0 Å². The predicted octanol–water partition coefficient (Wildman–Crippen LogP) is -0.797. The highest BCUT2D eigenvalue weighted by molar-refractivity contribution is 6.00. The first-order valence-electron chi connectivity index (χ1n) is 6.41. The Labute approximate surface area is 116 Å². The van der Waals surface area contributed by atoms with Crippen molar-refractivity contribution < 1.29 is 33.7 Å². The summed E-state index contributed by atoms with van der Waals surface area (Å²) in [6.07, 6.45) is -3.67. The van der Waals surface area contributed by atoms with E-state index >= 15 is 0 Å². The van der Waals surface area contributed by atoms with Crippen molar-refractivity contribution in [1.82, 2.24) is 5.06 Å². The van der Waals surface area contributed by atoms with Gasteiger partial charge in [0.05, 0.1) is 6.10 Å². The molecule has 114 valence electrons. The minimum Gasteiger partial charge on any atom is -0.388 e. The molecule has 0 aromatic carbocycles. The van der Waals surface area contributed by atoms with Crippen LogP contribution in [0.1, 0.15) is 19.8 Å². The molecule has 2 fully saturated rings. The molecule has 2 aliphatic heterocycles. The fourth-order valence-corrected chi connectivity index (χ4v) is 2.37. The van der Waals surface area contributed by atoms with Crippen LogP contribution in [0.4, 0.5) is 0 Å². The van der Waals surface area contributed by atoms with E-state index in [0.717, 1.165) is 0 Å². The van der Waals surface area contributed by atoms with E-state index in [2.05, 4.69) is 0 Å². The zero-order valence-corrected chi connectivity index (χ0v) is 11.6. The second-order valence-electron chi connectivity index (χ2n) is 4.79. The van der Waals surface area contributed by atoms with Gasteiger partial charge in [-0.25, -0.2) is 4.84 Å². The molecular formula is C12H19NO7. The Morgan fingerprint density at radius 1 is 1.15 bits per heavy atom. The first kappa shape index (κ1) is 15.3. The molecule has 0 radical (unpaired) electrons. The van der Waals surface area contributed by atoms with Crippen LogP contribution in [0.15, 0.2) is 0 Å². The molecular weight excluding hydrogens is 270 g/mol. The Morgan fingerprint density at radius 2 is 1.70 bits per heavy atom. The van der Waals surface area contributed by atoms with E-state index in [9.17, 15) is 14.7 Å². The van der Waals surface area contributed by atoms with E-state index in [1.807, 2.05) is 0 Å². The zero-order chi connectivity index (χ0) is 14.9. The van der Waals surface area contributed by atoms with Gasteiger partial charge in [0.1, 0.15) is 18.3 Å². The maximum Gasteiger partial charge on any atom is 0.254 e. The number of amides is 2. The summed E-state index contributed by atoms with van der Waals surface area (Å²) >= 11 is 0. The molecule has 0 aliphatic carbocycles. The van der Waals surface area contributed by atoms with Crippen LogP contribution in [-0.2, 0) is 28.6 Å². The van der Waals surface area contributed by atoms with E-state index < -0.39 is 42.5 Å². The molecule has 0 aromatic heterocycles. The second kappa shape index (κ2) is 6.15. The maximum atomic E-state index is 11.6. The number of carbonyl (C=O) groups excluding carboxylic acids is 2. The number of methoxy groups -OCH3 is 2. The summed E-state index contributed by atoms with van der Waals surface area (Å²) in [5, 5.41) is 10.7. The van der Waals surface area contributed by atoms with Crippen molar-refractivity contribution in [2.24, 2.45) is 0 Å². The monoisotopic (exact) mass is 289 g/mol. The fraction of sp³-hybridized carbons (Fsp3) is 0.833. The molecule has 2 aliphatic rings. The lowest BCUT2D eigenvalue weighted by Crippen LogP contribution is -2.60. The highest BCUT2D eigenvalue weighted by atomic mass is 16.8. The van der Waals surface area contributed by atoms with Gasteiger partial charge in [-0.05, 0) is 6.92 Å². The molecule has 0 bridgehead atoms. The smallest absolute Gasteiger partial charge is 0.254 e. The topological polar surface area (TPSA) is 94.5 Å². The Balaban J connectivity index is 2.12. The number of aliphatic hydroxyl groups excluding tert-OH is 1. The average molecular weight is 289 g/mol. The van der Waals surface area contributed by atoms with Gasteiger partial charge >= 0.3 is 0 Å². The summed E-state index contributed by atoms with van der Waals surface area (Å²) in [4.78, 5) is 28.4. The highest BCUT2D eigenvalue weighted by Crippen LogP contribution is 2.27. The van der Waals surface area contributed by atoms with Crippen LogP contribution in [-0.4, -0.2) is 66.9 Å². The number of hydrogen-bond acceptors (Lipinski definition) is 7. The number of rotatable bonds is 4. The molecule has 1 unspecified atom stereocenters.